The molecule has 0 fully saturated rings. The molecule has 0 aliphatic carbocycles. The van der Waals surface area contributed by atoms with E-state index in [4.69, 9.17) is 12.2 Å². The first-order valence-corrected chi connectivity index (χ1v) is 3.06. The molecule has 0 aromatic carbocycles. The van der Waals surface area contributed by atoms with E-state index in [2.05, 4.69) is 5.18 Å². The Kier molecular flexibility index (Phi) is 1.98. The lowest BCUT2D eigenvalue weighted by atomic mass is 10.5. The third-order valence-corrected chi connectivity index (χ3v) is 1.34. The standard InChI is InChI=1S/C6H4N4O3/c1-2-10-4(7)3(9-13)5(11)8-6(10)12/h1H,7H2,(H,8,11,12). The molecular formula is C6H4N4O3. The maximum absolute atomic E-state index is 10.9. The Morgan fingerprint density at radius 3 is 2.62 bits per heavy atom. The molecular weight excluding hydrogens is 176 g/mol. The van der Waals surface area contributed by atoms with Gasteiger partial charge in [-0.2, -0.15) is 0 Å². The average Bonchev–Trinajstić information content (AvgIpc) is 2.04. The molecule has 0 spiro atoms. The first kappa shape index (κ1) is 8.73. The molecule has 0 saturated heterocycles. The number of hydrogen-bond acceptors (Lipinski definition) is 5. The maximum Gasteiger partial charge on any atom is 0.342 e. The molecule has 0 atom stereocenters. The van der Waals surface area contributed by atoms with Crippen LogP contribution in [0.4, 0.5) is 11.5 Å². The van der Waals surface area contributed by atoms with Gasteiger partial charge >= 0.3 is 5.69 Å². The molecule has 1 rings (SSSR count). The van der Waals surface area contributed by atoms with Gasteiger partial charge in [-0.05, 0) is 5.18 Å². The van der Waals surface area contributed by atoms with Crippen LogP contribution < -0.4 is 17.0 Å². The van der Waals surface area contributed by atoms with Crippen LogP contribution in [-0.2, 0) is 0 Å². The second kappa shape index (κ2) is 2.94. The molecule has 0 saturated carbocycles. The minimum absolute atomic E-state index is 0.439. The molecule has 66 valence electrons. The fourth-order valence-electron chi connectivity index (χ4n) is 0.760. The molecule has 0 aliphatic heterocycles. The highest BCUT2D eigenvalue weighted by Gasteiger charge is 2.10. The summed E-state index contributed by atoms with van der Waals surface area (Å²) < 4.78 is 0.581. The number of H-pyrrole nitrogens is 1. The smallest absolute Gasteiger partial charge is 0.342 e. The summed E-state index contributed by atoms with van der Waals surface area (Å²) in [5.74, 6) is -0.439. The van der Waals surface area contributed by atoms with Crippen molar-refractivity contribution in [3.8, 4) is 12.5 Å². The van der Waals surface area contributed by atoms with Crippen LogP contribution in [0.5, 0.6) is 0 Å². The zero-order valence-electron chi connectivity index (χ0n) is 6.27. The molecule has 3 N–H and O–H groups in total. The fourth-order valence-corrected chi connectivity index (χ4v) is 0.760. The van der Waals surface area contributed by atoms with E-state index >= 15 is 0 Å². The fraction of sp³-hybridized carbons (Fsp3) is 0. The molecule has 0 bridgehead atoms. The number of anilines is 1. The van der Waals surface area contributed by atoms with Crippen LogP contribution in [0.3, 0.4) is 0 Å². The van der Waals surface area contributed by atoms with Crippen molar-refractivity contribution in [3.05, 3.63) is 25.7 Å². The van der Waals surface area contributed by atoms with Gasteiger partial charge in [0.1, 0.15) is 0 Å². The number of nitrogens with one attached hydrogen (secondary N) is 1. The van der Waals surface area contributed by atoms with Gasteiger partial charge in [-0.3, -0.25) is 9.78 Å². The van der Waals surface area contributed by atoms with Crippen molar-refractivity contribution in [2.75, 3.05) is 5.73 Å². The molecule has 0 radical (unpaired) electrons. The lowest BCUT2D eigenvalue weighted by Crippen LogP contribution is -2.29. The van der Waals surface area contributed by atoms with Crippen molar-refractivity contribution in [2.24, 2.45) is 5.18 Å². The van der Waals surface area contributed by atoms with Gasteiger partial charge in [0.25, 0.3) is 5.56 Å². The predicted octanol–water partition coefficient (Wildman–Crippen LogP) is -1.04. The monoisotopic (exact) mass is 180 g/mol. The Morgan fingerprint density at radius 1 is 1.54 bits per heavy atom. The normalized spacial score (nSPS) is 9.15. The Hall–Kier alpha value is -2.36. The number of aromatic amines is 1. The van der Waals surface area contributed by atoms with Gasteiger partial charge in [0, 0.05) is 6.04 Å². The zero-order chi connectivity index (χ0) is 10.0. The first-order chi connectivity index (χ1) is 6.11. The van der Waals surface area contributed by atoms with E-state index in [-0.39, 0.29) is 0 Å². The zero-order valence-corrected chi connectivity index (χ0v) is 6.27. The number of aromatic nitrogens is 2. The van der Waals surface area contributed by atoms with E-state index in [0.717, 1.165) is 0 Å². The van der Waals surface area contributed by atoms with Crippen LogP contribution in [0.2, 0.25) is 0 Å². The SMILES string of the molecule is C#Cn1c(N)c(N=O)c(=O)[nH]c1=O. The quantitative estimate of drug-likeness (QED) is 0.424. The third kappa shape index (κ3) is 1.20. The highest BCUT2D eigenvalue weighted by Crippen LogP contribution is 2.11. The summed E-state index contributed by atoms with van der Waals surface area (Å²) in [7, 11) is 0. The second-order valence-corrected chi connectivity index (χ2v) is 2.05. The average molecular weight is 180 g/mol. The van der Waals surface area contributed by atoms with E-state index in [1.165, 1.54) is 0 Å². The van der Waals surface area contributed by atoms with Gasteiger partial charge in [-0.25, -0.2) is 9.36 Å². The van der Waals surface area contributed by atoms with Crippen molar-refractivity contribution in [1.82, 2.24) is 9.55 Å². The number of nitrogens with two attached hydrogens (primary N) is 1. The van der Waals surface area contributed by atoms with E-state index in [1.807, 2.05) is 6.04 Å². The van der Waals surface area contributed by atoms with E-state index in [0.29, 0.717) is 4.57 Å². The molecule has 1 aromatic rings. The van der Waals surface area contributed by atoms with E-state index < -0.39 is 22.8 Å². The summed E-state index contributed by atoms with van der Waals surface area (Å²) in [6, 6.07) is 1.88. The second-order valence-electron chi connectivity index (χ2n) is 2.05. The van der Waals surface area contributed by atoms with Crippen LogP contribution >= 0.6 is 0 Å². The molecule has 1 aromatic heterocycles. The number of rotatable bonds is 1. The number of nitroso groups, excluding NO2 is 1. The highest BCUT2D eigenvalue weighted by atomic mass is 16.3. The lowest BCUT2D eigenvalue weighted by molar-refractivity contribution is 0.936. The van der Waals surface area contributed by atoms with Gasteiger partial charge < -0.3 is 5.73 Å². The Labute approximate surface area is 71.2 Å². The minimum Gasteiger partial charge on any atom is -0.382 e. The molecule has 7 nitrogen and oxygen atoms in total. The van der Waals surface area contributed by atoms with Gasteiger partial charge in [-0.1, -0.05) is 6.42 Å². The van der Waals surface area contributed by atoms with Gasteiger partial charge in [0.15, 0.2) is 5.82 Å². The van der Waals surface area contributed by atoms with Crippen molar-refractivity contribution in [2.45, 2.75) is 0 Å². The van der Waals surface area contributed by atoms with E-state index in [9.17, 15) is 14.5 Å². The largest absolute Gasteiger partial charge is 0.382 e. The highest BCUT2D eigenvalue weighted by molar-refractivity contribution is 5.56. The third-order valence-electron chi connectivity index (χ3n) is 1.34. The molecule has 13 heavy (non-hydrogen) atoms. The maximum atomic E-state index is 10.9. The van der Waals surface area contributed by atoms with Gasteiger partial charge in [0.05, 0.1) is 0 Å². The molecule has 1 heterocycles. The topological polar surface area (TPSA) is 110 Å². The number of nitrogen functional groups attached to an aromatic ring is 1. The van der Waals surface area contributed by atoms with Crippen molar-refractivity contribution in [3.63, 3.8) is 0 Å². The van der Waals surface area contributed by atoms with Crippen LogP contribution in [0.15, 0.2) is 14.8 Å². The summed E-state index contributed by atoms with van der Waals surface area (Å²) in [6.07, 6.45) is 4.89. The van der Waals surface area contributed by atoms with Gasteiger partial charge in [0.2, 0.25) is 5.69 Å². The molecule has 0 amide bonds. The number of terminal acetylenes is 1. The van der Waals surface area contributed by atoms with Gasteiger partial charge in [-0.15, -0.1) is 4.91 Å². The van der Waals surface area contributed by atoms with Crippen molar-refractivity contribution < 1.29 is 0 Å². The predicted molar refractivity (Wildman–Crippen MR) is 45.4 cm³/mol. The van der Waals surface area contributed by atoms with Crippen LogP contribution in [0, 0.1) is 17.4 Å². The molecule has 0 aliphatic rings. The molecule has 7 heteroatoms. The number of hydrogen-bond donors (Lipinski definition) is 2. The minimum atomic E-state index is -0.955. The summed E-state index contributed by atoms with van der Waals surface area (Å²) in [4.78, 5) is 33.6. The number of nitrogens with zero attached hydrogens (tertiary/aromatic N) is 2. The lowest BCUT2D eigenvalue weighted by Gasteiger charge is -1.99. The summed E-state index contributed by atoms with van der Waals surface area (Å²) in [6.45, 7) is 0. The summed E-state index contributed by atoms with van der Waals surface area (Å²) in [5.41, 5.74) is 2.78. The first-order valence-electron chi connectivity index (χ1n) is 3.06. The summed E-state index contributed by atoms with van der Waals surface area (Å²) >= 11 is 0. The molecule has 0 unspecified atom stereocenters. The summed E-state index contributed by atoms with van der Waals surface area (Å²) in [5, 5.41) is 2.35. The van der Waals surface area contributed by atoms with Crippen molar-refractivity contribution in [1.29, 1.82) is 0 Å². The van der Waals surface area contributed by atoms with Crippen LogP contribution in [-0.4, -0.2) is 9.55 Å². The van der Waals surface area contributed by atoms with Crippen LogP contribution in [0.1, 0.15) is 0 Å². The van der Waals surface area contributed by atoms with Crippen LogP contribution in [0.25, 0.3) is 0 Å². The Balaban J connectivity index is 3.81. The Bertz CT molecular complexity index is 504. The van der Waals surface area contributed by atoms with E-state index in [1.54, 1.807) is 4.98 Å². The van der Waals surface area contributed by atoms with Crippen molar-refractivity contribution >= 4 is 11.5 Å². The Morgan fingerprint density at radius 2 is 2.15 bits per heavy atom.